The van der Waals surface area contributed by atoms with Gasteiger partial charge >= 0.3 is 0 Å². The van der Waals surface area contributed by atoms with Gasteiger partial charge in [0.2, 0.25) is 5.91 Å². The molecule has 1 fully saturated rings. The number of likely N-dealkylation sites (tertiary alicyclic amines) is 1. The number of carbonyl (C=O) groups is 2. The van der Waals surface area contributed by atoms with Gasteiger partial charge in [0, 0.05) is 38.7 Å². The molecular weight excluding hydrogens is 330 g/mol. The Morgan fingerprint density at radius 2 is 2.19 bits per heavy atom. The molecule has 1 amide bonds. The summed E-state index contributed by atoms with van der Waals surface area (Å²) < 4.78 is 6.85. The lowest BCUT2D eigenvalue weighted by Gasteiger charge is -2.24. The fourth-order valence-electron chi connectivity index (χ4n) is 3.50. The molecule has 1 unspecified atom stereocenters. The molecule has 6 nitrogen and oxygen atoms in total. The van der Waals surface area contributed by atoms with Crippen LogP contribution in [0.25, 0.3) is 0 Å². The van der Waals surface area contributed by atoms with E-state index in [0.29, 0.717) is 24.8 Å². The molecule has 1 aliphatic rings. The zero-order valence-corrected chi connectivity index (χ0v) is 15.4. The first kappa shape index (κ1) is 18.2. The van der Waals surface area contributed by atoms with E-state index in [1.54, 1.807) is 31.2 Å². The molecule has 0 aliphatic carbocycles. The third-order valence-corrected chi connectivity index (χ3v) is 4.91. The summed E-state index contributed by atoms with van der Waals surface area (Å²) in [5, 5.41) is 4.05. The molecule has 0 radical (unpaired) electrons. The van der Waals surface area contributed by atoms with Crippen molar-refractivity contribution in [2.75, 3.05) is 13.7 Å². The van der Waals surface area contributed by atoms with Gasteiger partial charge in [-0.2, -0.15) is 5.10 Å². The number of hydrogen-bond donors (Lipinski definition) is 0. The monoisotopic (exact) mass is 355 g/mol. The van der Waals surface area contributed by atoms with Crippen LogP contribution in [0.3, 0.4) is 0 Å². The number of ether oxygens (including phenoxy) is 1. The summed E-state index contributed by atoms with van der Waals surface area (Å²) in [7, 11) is 3.43. The van der Waals surface area contributed by atoms with E-state index in [2.05, 4.69) is 5.10 Å². The van der Waals surface area contributed by atoms with Gasteiger partial charge in [0.1, 0.15) is 5.75 Å². The first-order valence-corrected chi connectivity index (χ1v) is 9.01. The Morgan fingerprint density at radius 3 is 2.92 bits per heavy atom. The summed E-state index contributed by atoms with van der Waals surface area (Å²) >= 11 is 0. The molecule has 1 atom stereocenters. The van der Waals surface area contributed by atoms with E-state index >= 15 is 0 Å². The number of hydrogen-bond acceptors (Lipinski definition) is 4. The van der Waals surface area contributed by atoms with Crippen molar-refractivity contribution in [3.05, 3.63) is 47.8 Å². The topological polar surface area (TPSA) is 64.4 Å². The molecule has 0 bridgehead atoms. The second kappa shape index (κ2) is 8.17. The second-order valence-electron chi connectivity index (χ2n) is 6.76. The Hall–Kier alpha value is -2.63. The van der Waals surface area contributed by atoms with Crippen molar-refractivity contribution in [2.24, 2.45) is 7.05 Å². The summed E-state index contributed by atoms with van der Waals surface area (Å²) in [6.45, 7) is 0.738. The Labute approximate surface area is 153 Å². The zero-order valence-electron chi connectivity index (χ0n) is 15.4. The molecule has 3 rings (SSSR count). The third-order valence-electron chi connectivity index (χ3n) is 4.91. The van der Waals surface area contributed by atoms with Gasteiger partial charge in [-0.1, -0.05) is 12.1 Å². The predicted octanol–water partition coefficient (Wildman–Crippen LogP) is 2.63. The molecule has 2 aromatic rings. The maximum Gasteiger partial charge on any atom is 0.223 e. The van der Waals surface area contributed by atoms with Crippen molar-refractivity contribution in [1.82, 2.24) is 14.7 Å². The second-order valence-corrected chi connectivity index (χ2v) is 6.76. The molecule has 0 spiro atoms. The van der Waals surface area contributed by atoms with Crippen LogP contribution in [0, 0.1) is 0 Å². The van der Waals surface area contributed by atoms with E-state index in [1.807, 2.05) is 29.2 Å². The Kier molecular flexibility index (Phi) is 5.71. The highest BCUT2D eigenvalue weighted by atomic mass is 16.5. The van der Waals surface area contributed by atoms with Crippen LogP contribution in [-0.2, 0) is 18.3 Å². The standard InChI is InChI=1S/C20H25N3O3/c1-22-14-16(13-21-22)19(24)12-17-6-4-10-23(17)20(25)9-8-15-5-3-7-18(11-15)26-2/h3,5,7,11,13-14,17H,4,6,8-10,12H2,1-2H3. The van der Waals surface area contributed by atoms with Gasteiger partial charge in [-0.25, -0.2) is 0 Å². The first-order valence-electron chi connectivity index (χ1n) is 9.01. The van der Waals surface area contributed by atoms with Crippen molar-refractivity contribution < 1.29 is 14.3 Å². The number of aromatic nitrogens is 2. The average Bonchev–Trinajstić information content (AvgIpc) is 3.29. The molecule has 1 aromatic carbocycles. The summed E-state index contributed by atoms with van der Waals surface area (Å²) in [6.07, 6.45) is 6.66. The van der Waals surface area contributed by atoms with E-state index in [1.165, 1.54) is 0 Å². The molecular formula is C20H25N3O3. The zero-order chi connectivity index (χ0) is 18.5. The van der Waals surface area contributed by atoms with Crippen LogP contribution in [0.4, 0.5) is 0 Å². The highest BCUT2D eigenvalue weighted by molar-refractivity contribution is 5.96. The molecule has 1 aromatic heterocycles. The van der Waals surface area contributed by atoms with E-state index in [4.69, 9.17) is 4.74 Å². The summed E-state index contributed by atoms with van der Waals surface area (Å²) in [6, 6.07) is 7.79. The minimum absolute atomic E-state index is 0.000477. The molecule has 1 aliphatic heterocycles. The number of aryl methyl sites for hydroxylation is 2. The van der Waals surface area contributed by atoms with Gasteiger partial charge < -0.3 is 9.64 Å². The lowest BCUT2D eigenvalue weighted by molar-refractivity contribution is -0.131. The predicted molar refractivity (Wildman–Crippen MR) is 98.2 cm³/mol. The molecule has 6 heteroatoms. The molecule has 138 valence electrons. The molecule has 1 saturated heterocycles. The van der Waals surface area contributed by atoms with Crippen molar-refractivity contribution >= 4 is 11.7 Å². The van der Waals surface area contributed by atoms with E-state index in [0.717, 1.165) is 30.7 Å². The van der Waals surface area contributed by atoms with Gasteiger partial charge in [-0.3, -0.25) is 14.3 Å². The fraction of sp³-hybridized carbons (Fsp3) is 0.450. The smallest absolute Gasteiger partial charge is 0.223 e. The average molecular weight is 355 g/mol. The van der Waals surface area contributed by atoms with Crippen molar-refractivity contribution in [2.45, 2.75) is 38.1 Å². The number of amides is 1. The molecule has 0 N–H and O–H groups in total. The van der Waals surface area contributed by atoms with Gasteiger partial charge in [-0.15, -0.1) is 0 Å². The highest BCUT2D eigenvalue weighted by Crippen LogP contribution is 2.23. The van der Waals surface area contributed by atoms with Crippen LogP contribution < -0.4 is 4.74 Å². The van der Waals surface area contributed by atoms with Crippen LogP contribution in [0.1, 0.15) is 41.6 Å². The fourth-order valence-corrected chi connectivity index (χ4v) is 3.50. The van der Waals surface area contributed by atoms with Crippen LogP contribution >= 0.6 is 0 Å². The summed E-state index contributed by atoms with van der Waals surface area (Å²) in [5.74, 6) is 0.973. The number of rotatable bonds is 7. The lowest BCUT2D eigenvalue weighted by atomic mass is 10.0. The highest BCUT2D eigenvalue weighted by Gasteiger charge is 2.30. The lowest BCUT2D eigenvalue weighted by Crippen LogP contribution is -2.37. The van der Waals surface area contributed by atoms with Crippen molar-refractivity contribution in [3.8, 4) is 5.75 Å². The van der Waals surface area contributed by atoms with Gasteiger partial charge in [0.25, 0.3) is 0 Å². The van der Waals surface area contributed by atoms with Gasteiger partial charge in [0.15, 0.2) is 5.78 Å². The Bertz CT molecular complexity index is 784. The maximum absolute atomic E-state index is 12.7. The van der Waals surface area contributed by atoms with Crippen LogP contribution in [0.15, 0.2) is 36.7 Å². The number of methoxy groups -OCH3 is 1. The van der Waals surface area contributed by atoms with Crippen LogP contribution in [0.5, 0.6) is 5.75 Å². The largest absolute Gasteiger partial charge is 0.497 e. The minimum Gasteiger partial charge on any atom is -0.497 e. The number of nitrogens with zero attached hydrogens (tertiary/aromatic N) is 3. The number of carbonyl (C=O) groups excluding carboxylic acids is 2. The van der Waals surface area contributed by atoms with Crippen LogP contribution in [-0.4, -0.2) is 46.1 Å². The molecule has 2 heterocycles. The van der Waals surface area contributed by atoms with E-state index in [-0.39, 0.29) is 17.7 Å². The van der Waals surface area contributed by atoms with Crippen molar-refractivity contribution in [1.29, 1.82) is 0 Å². The molecule has 26 heavy (non-hydrogen) atoms. The normalized spacial score (nSPS) is 16.7. The quantitative estimate of drug-likeness (QED) is 0.716. The summed E-state index contributed by atoms with van der Waals surface area (Å²) in [4.78, 5) is 27.0. The van der Waals surface area contributed by atoms with Gasteiger partial charge in [-0.05, 0) is 37.0 Å². The third kappa shape index (κ3) is 4.31. The number of ketones is 1. The Balaban J connectivity index is 1.56. The summed E-state index contributed by atoms with van der Waals surface area (Å²) in [5.41, 5.74) is 1.70. The first-order chi connectivity index (χ1) is 12.6. The minimum atomic E-state index is 0.000477. The maximum atomic E-state index is 12.7. The van der Waals surface area contributed by atoms with E-state index in [9.17, 15) is 9.59 Å². The van der Waals surface area contributed by atoms with Crippen LogP contribution in [0.2, 0.25) is 0 Å². The van der Waals surface area contributed by atoms with Crippen molar-refractivity contribution in [3.63, 3.8) is 0 Å². The molecule has 0 saturated carbocycles. The number of Topliss-reactive ketones (excluding diaryl/α,β-unsaturated/α-hetero) is 1. The van der Waals surface area contributed by atoms with E-state index < -0.39 is 0 Å². The van der Waals surface area contributed by atoms with Gasteiger partial charge in [0.05, 0.1) is 18.9 Å². The SMILES string of the molecule is COc1cccc(CCC(=O)N2CCCC2CC(=O)c2cnn(C)c2)c1. The number of benzene rings is 1. The Morgan fingerprint density at radius 1 is 1.35 bits per heavy atom.